The van der Waals surface area contributed by atoms with Crippen LogP contribution in [0.5, 0.6) is 0 Å². The van der Waals surface area contributed by atoms with Crippen LogP contribution in [0.15, 0.2) is 42.7 Å². The standard InChI is InChI=1S/C21H21ClN6O/c22-16-2-1-13(15-5-8-23-20(15)16)11-25-18-12-24-17-3-4-19(27-21(17)26-18)28-9-6-14(29)7-10-28/h1-5,8,12,14,23,29H,6-7,9-11H2,(H,25,26,27). The molecule has 148 valence electrons. The Morgan fingerprint density at radius 3 is 2.86 bits per heavy atom. The summed E-state index contributed by atoms with van der Waals surface area (Å²) in [6, 6.07) is 9.85. The molecular formula is C21H21ClN6O. The molecule has 0 spiro atoms. The maximum Gasteiger partial charge on any atom is 0.182 e. The molecule has 1 aromatic carbocycles. The van der Waals surface area contributed by atoms with Gasteiger partial charge in [0.1, 0.15) is 17.2 Å². The number of H-pyrrole nitrogens is 1. The summed E-state index contributed by atoms with van der Waals surface area (Å²) in [6.07, 6.45) is 4.94. The van der Waals surface area contributed by atoms with Gasteiger partial charge in [0.15, 0.2) is 5.65 Å². The van der Waals surface area contributed by atoms with Gasteiger partial charge in [-0.15, -0.1) is 0 Å². The highest BCUT2D eigenvalue weighted by Gasteiger charge is 2.18. The number of piperidine rings is 1. The van der Waals surface area contributed by atoms with E-state index in [9.17, 15) is 5.11 Å². The minimum atomic E-state index is -0.207. The van der Waals surface area contributed by atoms with Crippen molar-refractivity contribution < 1.29 is 5.11 Å². The fourth-order valence-electron chi connectivity index (χ4n) is 3.77. The predicted molar refractivity (Wildman–Crippen MR) is 115 cm³/mol. The van der Waals surface area contributed by atoms with Crippen LogP contribution in [0.1, 0.15) is 18.4 Å². The number of pyridine rings is 1. The van der Waals surface area contributed by atoms with Crippen molar-refractivity contribution in [1.82, 2.24) is 19.9 Å². The van der Waals surface area contributed by atoms with Crippen LogP contribution in [-0.4, -0.2) is 44.2 Å². The van der Waals surface area contributed by atoms with Crippen molar-refractivity contribution >= 4 is 45.3 Å². The molecular weight excluding hydrogens is 388 g/mol. The Morgan fingerprint density at radius 2 is 2.00 bits per heavy atom. The molecule has 3 N–H and O–H groups in total. The third-order valence-corrected chi connectivity index (χ3v) is 5.72. The van der Waals surface area contributed by atoms with Gasteiger partial charge in [0.25, 0.3) is 0 Å². The van der Waals surface area contributed by atoms with Gasteiger partial charge in [0.2, 0.25) is 0 Å². The molecule has 4 heterocycles. The first-order valence-electron chi connectivity index (χ1n) is 9.72. The first-order valence-corrected chi connectivity index (χ1v) is 10.1. The molecule has 5 rings (SSSR count). The lowest BCUT2D eigenvalue weighted by Gasteiger charge is -2.30. The summed E-state index contributed by atoms with van der Waals surface area (Å²) < 4.78 is 0. The van der Waals surface area contributed by atoms with Crippen molar-refractivity contribution in [1.29, 1.82) is 0 Å². The lowest BCUT2D eigenvalue weighted by Crippen LogP contribution is -2.36. The average molecular weight is 409 g/mol. The van der Waals surface area contributed by atoms with Gasteiger partial charge in [0.05, 0.1) is 22.8 Å². The number of hydrogen-bond acceptors (Lipinski definition) is 6. The van der Waals surface area contributed by atoms with Crippen molar-refractivity contribution in [2.75, 3.05) is 23.3 Å². The number of hydrogen-bond donors (Lipinski definition) is 3. The van der Waals surface area contributed by atoms with Crippen LogP contribution < -0.4 is 10.2 Å². The van der Waals surface area contributed by atoms with Crippen LogP contribution >= 0.6 is 11.6 Å². The number of rotatable bonds is 4. The molecule has 1 fully saturated rings. The van der Waals surface area contributed by atoms with Gasteiger partial charge in [0, 0.05) is 31.2 Å². The fourth-order valence-corrected chi connectivity index (χ4v) is 3.98. The second-order valence-corrected chi connectivity index (χ2v) is 7.72. The highest BCUT2D eigenvalue weighted by Crippen LogP contribution is 2.26. The second kappa shape index (κ2) is 7.50. The van der Waals surface area contributed by atoms with Crippen LogP contribution in [-0.2, 0) is 6.54 Å². The van der Waals surface area contributed by atoms with E-state index in [4.69, 9.17) is 16.6 Å². The Kier molecular flexibility index (Phi) is 4.69. The zero-order valence-corrected chi connectivity index (χ0v) is 16.5. The summed E-state index contributed by atoms with van der Waals surface area (Å²) in [5, 5.41) is 14.9. The molecule has 1 aliphatic heterocycles. The Labute approximate surface area is 172 Å². The van der Waals surface area contributed by atoms with Crippen LogP contribution in [0.2, 0.25) is 5.02 Å². The molecule has 8 heteroatoms. The van der Waals surface area contributed by atoms with E-state index in [2.05, 4.69) is 25.2 Å². The number of benzene rings is 1. The number of anilines is 2. The van der Waals surface area contributed by atoms with E-state index in [1.165, 1.54) is 0 Å². The number of nitrogens with zero attached hydrogens (tertiary/aromatic N) is 4. The number of halogens is 1. The van der Waals surface area contributed by atoms with Crippen molar-refractivity contribution in [3.05, 3.63) is 53.3 Å². The van der Waals surface area contributed by atoms with Crippen LogP contribution in [0.3, 0.4) is 0 Å². The van der Waals surface area contributed by atoms with E-state index in [-0.39, 0.29) is 6.10 Å². The Hall–Kier alpha value is -2.90. The average Bonchev–Trinajstić information content (AvgIpc) is 3.24. The molecule has 3 aromatic heterocycles. The Bertz CT molecular complexity index is 1170. The van der Waals surface area contributed by atoms with Crippen LogP contribution in [0, 0.1) is 0 Å². The second-order valence-electron chi connectivity index (χ2n) is 7.31. The third-order valence-electron chi connectivity index (χ3n) is 5.40. The van der Waals surface area contributed by atoms with Gasteiger partial charge in [-0.3, -0.25) is 0 Å². The molecule has 0 unspecified atom stereocenters. The summed E-state index contributed by atoms with van der Waals surface area (Å²) in [4.78, 5) is 19.2. The van der Waals surface area contributed by atoms with Crippen molar-refractivity contribution in [3.8, 4) is 0 Å². The molecule has 0 bridgehead atoms. The first-order chi connectivity index (χ1) is 14.2. The van der Waals surface area contributed by atoms with Gasteiger partial charge in [-0.2, -0.15) is 0 Å². The molecule has 0 aliphatic carbocycles. The van der Waals surface area contributed by atoms with E-state index in [1.54, 1.807) is 6.20 Å². The smallest absolute Gasteiger partial charge is 0.182 e. The first kappa shape index (κ1) is 18.1. The van der Waals surface area contributed by atoms with Gasteiger partial charge < -0.3 is 20.3 Å². The molecule has 0 radical (unpaired) electrons. The maximum absolute atomic E-state index is 9.72. The molecule has 0 amide bonds. The topological polar surface area (TPSA) is 90.0 Å². The predicted octanol–water partition coefficient (Wildman–Crippen LogP) is 3.73. The molecule has 1 saturated heterocycles. The third kappa shape index (κ3) is 3.59. The lowest BCUT2D eigenvalue weighted by atomic mass is 10.1. The number of aliphatic hydroxyl groups excluding tert-OH is 1. The zero-order chi connectivity index (χ0) is 19.8. The van der Waals surface area contributed by atoms with Crippen molar-refractivity contribution in [2.24, 2.45) is 0 Å². The Balaban J connectivity index is 1.37. The van der Waals surface area contributed by atoms with Crippen molar-refractivity contribution in [2.45, 2.75) is 25.5 Å². The Morgan fingerprint density at radius 1 is 1.14 bits per heavy atom. The molecule has 4 aromatic rings. The number of aromatic nitrogens is 4. The molecule has 0 saturated carbocycles. The number of fused-ring (bicyclic) bond motifs is 2. The molecule has 0 atom stereocenters. The lowest BCUT2D eigenvalue weighted by molar-refractivity contribution is 0.145. The largest absolute Gasteiger partial charge is 0.393 e. The van der Waals surface area contributed by atoms with Crippen LogP contribution in [0.25, 0.3) is 22.1 Å². The maximum atomic E-state index is 9.72. The van der Waals surface area contributed by atoms with E-state index >= 15 is 0 Å². The minimum Gasteiger partial charge on any atom is -0.393 e. The number of nitrogens with one attached hydrogen (secondary N) is 2. The van der Waals surface area contributed by atoms with Gasteiger partial charge in [-0.1, -0.05) is 17.7 Å². The summed E-state index contributed by atoms with van der Waals surface area (Å²) in [7, 11) is 0. The van der Waals surface area contributed by atoms with E-state index in [0.717, 1.165) is 53.7 Å². The van der Waals surface area contributed by atoms with E-state index in [1.807, 2.05) is 36.5 Å². The highest BCUT2D eigenvalue weighted by atomic mass is 35.5. The van der Waals surface area contributed by atoms with E-state index in [0.29, 0.717) is 23.0 Å². The monoisotopic (exact) mass is 408 g/mol. The van der Waals surface area contributed by atoms with Gasteiger partial charge in [-0.25, -0.2) is 15.0 Å². The quantitative estimate of drug-likeness (QED) is 0.476. The molecule has 1 aliphatic rings. The molecule has 7 nitrogen and oxygen atoms in total. The highest BCUT2D eigenvalue weighted by molar-refractivity contribution is 6.35. The zero-order valence-electron chi connectivity index (χ0n) is 15.8. The molecule has 29 heavy (non-hydrogen) atoms. The van der Waals surface area contributed by atoms with Gasteiger partial charge in [-0.05, 0) is 42.7 Å². The number of aromatic amines is 1. The normalized spacial score (nSPS) is 15.3. The SMILES string of the molecule is OC1CCN(c2ccc3ncc(NCc4ccc(Cl)c5[nH]ccc45)nc3n2)CC1. The van der Waals surface area contributed by atoms with Gasteiger partial charge >= 0.3 is 0 Å². The summed E-state index contributed by atoms with van der Waals surface area (Å²) in [6.45, 7) is 2.21. The minimum absolute atomic E-state index is 0.207. The summed E-state index contributed by atoms with van der Waals surface area (Å²) >= 11 is 6.24. The van der Waals surface area contributed by atoms with E-state index < -0.39 is 0 Å². The van der Waals surface area contributed by atoms with Crippen molar-refractivity contribution in [3.63, 3.8) is 0 Å². The fraction of sp³-hybridized carbons (Fsp3) is 0.286. The summed E-state index contributed by atoms with van der Waals surface area (Å²) in [5.74, 6) is 1.55. The number of aliphatic hydroxyl groups is 1. The van der Waals surface area contributed by atoms with Crippen LogP contribution in [0.4, 0.5) is 11.6 Å². The summed E-state index contributed by atoms with van der Waals surface area (Å²) in [5.41, 5.74) is 3.44.